The second kappa shape index (κ2) is 12.4. The van der Waals surface area contributed by atoms with E-state index in [9.17, 15) is 4.79 Å². The molecule has 0 aromatic carbocycles. The van der Waals surface area contributed by atoms with E-state index in [1.807, 2.05) is 7.05 Å². The predicted molar refractivity (Wildman–Crippen MR) is 80.1 cm³/mol. The van der Waals surface area contributed by atoms with E-state index in [4.69, 9.17) is 5.11 Å². The highest BCUT2D eigenvalue weighted by Gasteiger charge is 2.17. The van der Waals surface area contributed by atoms with Gasteiger partial charge < -0.3 is 15.7 Å². The first-order valence-electron chi connectivity index (χ1n) is 7.72. The molecular formula is C15H32N2O2. The van der Waals surface area contributed by atoms with Crippen LogP contribution in [0.4, 0.5) is 0 Å². The Labute approximate surface area is 118 Å². The van der Waals surface area contributed by atoms with Crippen molar-refractivity contribution in [2.45, 2.75) is 52.4 Å². The van der Waals surface area contributed by atoms with Crippen LogP contribution in [0.15, 0.2) is 0 Å². The lowest BCUT2D eigenvalue weighted by atomic mass is 9.97. The van der Waals surface area contributed by atoms with Crippen molar-refractivity contribution < 1.29 is 9.90 Å². The van der Waals surface area contributed by atoms with Crippen LogP contribution in [-0.2, 0) is 4.79 Å². The van der Waals surface area contributed by atoms with Gasteiger partial charge in [0.2, 0.25) is 5.91 Å². The molecule has 0 saturated carbocycles. The molecule has 0 aromatic rings. The highest BCUT2D eigenvalue weighted by Crippen LogP contribution is 2.13. The molecule has 19 heavy (non-hydrogen) atoms. The third-order valence-corrected chi connectivity index (χ3v) is 3.67. The van der Waals surface area contributed by atoms with Gasteiger partial charge in [0, 0.05) is 19.1 Å². The summed E-state index contributed by atoms with van der Waals surface area (Å²) in [6.07, 6.45) is 5.97. The Hall–Kier alpha value is -0.610. The zero-order valence-corrected chi connectivity index (χ0v) is 12.9. The van der Waals surface area contributed by atoms with Crippen molar-refractivity contribution in [1.82, 2.24) is 10.6 Å². The van der Waals surface area contributed by atoms with Crippen LogP contribution in [0.2, 0.25) is 0 Å². The molecule has 4 heteroatoms. The van der Waals surface area contributed by atoms with E-state index in [0.29, 0.717) is 12.5 Å². The largest absolute Gasteiger partial charge is 0.396 e. The third kappa shape index (κ3) is 9.00. The third-order valence-electron chi connectivity index (χ3n) is 3.67. The zero-order valence-electron chi connectivity index (χ0n) is 12.9. The van der Waals surface area contributed by atoms with Crippen LogP contribution in [-0.4, -0.2) is 37.8 Å². The Kier molecular flexibility index (Phi) is 12.0. The molecule has 0 radical (unpaired) electrons. The molecule has 0 aromatic heterocycles. The van der Waals surface area contributed by atoms with Crippen molar-refractivity contribution in [1.29, 1.82) is 0 Å². The zero-order chi connectivity index (χ0) is 14.5. The Balaban J connectivity index is 4.05. The van der Waals surface area contributed by atoms with Gasteiger partial charge in [0.05, 0.1) is 0 Å². The topological polar surface area (TPSA) is 61.4 Å². The first kappa shape index (κ1) is 18.4. The number of hydrogen-bond acceptors (Lipinski definition) is 3. The van der Waals surface area contributed by atoms with Crippen LogP contribution >= 0.6 is 0 Å². The van der Waals surface area contributed by atoms with Gasteiger partial charge in [-0.05, 0) is 45.2 Å². The van der Waals surface area contributed by atoms with Crippen LogP contribution in [0.3, 0.4) is 0 Å². The van der Waals surface area contributed by atoms with E-state index < -0.39 is 0 Å². The standard InChI is InChI=1S/C15H32N2O2/c1-4-6-7-13(9-11-18)12-17-15(19)14(5-2)8-10-16-3/h13-14,16,18H,4-12H2,1-3H3,(H,17,19). The van der Waals surface area contributed by atoms with Crippen LogP contribution < -0.4 is 10.6 Å². The van der Waals surface area contributed by atoms with Gasteiger partial charge in [0.25, 0.3) is 0 Å². The first-order valence-corrected chi connectivity index (χ1v) is 7.72. The number of hydrogen-bond donors (Lipinski definition) is 3. The minimum atomic E-state index is 0.105. The maximum absolute atomic E-state index is 12.1. The molecule has 0 bridgehead atoms. The van der Waals surface area contributed by atoms with Gasteiger partial charge in [-0.2, -0.15) is 0 Å². The maximum Gasteiger partial charge on any atom is 0.223 e. The van der Waals surface area contributed by atoms with E-state index in [0.717, 1.165) is 45.1 Å². The molecule has 0 saturated heterocycles. The molecule has 0 spiro atoms. The Morgan fingerprint density at radius 1 is 1.21 bits per heavy atom. The van der Waals surface area contributed by atoms with Crippen molar-refractivity contribution in [3.8, 4) is 0 Å². The Morgan fingerprint density at radius 3 is 2.47 bits per heavy atom. The molecule has 2 atom stereocenters. The van der Waals surface area contributed by atoms with E-state index in [1.165, 1.54) is 0 Å². The molecule has 3 N–H and O–H groups in total. The van der Waals surface area contributed by atoms with Crippen molar-refractivity contribution in [2.75, 3.05) is 26.7 Å². The highest BCUT2D eigenvalue weighted by atomic mass is 16.3. The maximum atomic E-state index is 12.1. The van der Waals surface area contributed by atoms with Gasteiger partial charge in [-0.3, -0.25) is 4.79 Å². The molecule has 4 nitrogen and oxygen atoms in total. The minimum absolute atomic E-state index is 0.105. The van der Waals surface area contributed by atoms with Gasteiger partial charge in [-0.15, -0.1) is 0 Å². The summed E-state index contributed by atoms with van der Waals surface area (Å²) in [5.74, 6) is 0.682. The first-order chi connectivity index (χ1) is 9.19. The molecule has 0 heterocycles. The fourth-order valence-electron chi connectivity index (χ4n) is 2.25. The average Bonchev–Trinajstić information content (AvgIpc) is 2.42. The van der Waals surface area contributed by atoms with E-state index in [-0.39, 0.29) is 18.4 Å². The predicted octanol–water partition coefficient (Wildman–Crippen LogP) is 1.93. The van der Waals surface area contributed by atoms with Gasteiger partial charge in [0.15, 0.2) is 0 Å². The van der Waals surface area contributed by atoms with E-state index in [1.54, 1.807) is 0 Å². The van der Waals surface area contributed by atoms with Crippen LogP contribution in [0.5, 0.6) is 0 Å². The number of aliphatic hydroxyl groups excluding tert-OH is 1. The molecule has 0 rings (SSSR count). The Morgan fingerprint density at radius 2 is 1.95 bits per heavy atom. The fourth-order valence-corrected chi connectivity index (χ4v) is 2.25. The van der Waals surface area contributed by atoms with Gasteiger partial charge >= 0.3 is 0 Å². The SMILES string of the molecule is CCCCC(CCO)CNC(=O)C(CC)CCNC. The van der Waals surface area contributed by atoms with Crippen LogP contribution in [0.1, 0.15) is 52.4 Å². The highest BCUT2D eigenvalue weighted by molar-refractivity contribution is 5.78. The van der Waals surface area contributed by atoms with E-state index in [2.05, 4.69) is 24.5 Å². The second-order valence-corrected chi connectivity index (χ2v) is 5.26. The summed E-state index contributed by atoms with van der Waals surface area (Å²) in [6, 6.07) is 0. The molecule has 2 unspecified atom stereocenters. The average molecular weight is 272 g/mol. The molecule has 114 valence electrons. The van der Waals surface area contributed by atoms with Crippen molar-refractivity contribution in [3.63, 3.8) is 0 Å². The minimum Gasteiger partial charge on any atom is -0.396 e. The van der Waals surface area contributed by atoms with Crippen molar-refractivity contribution >= 4 is 5.91 Å². The van der Waals surface area contributed by atoms with Gasteiger partial charge in [-0.25, -0.2) is 0 Å². The normalized spacial score (nSPS) is 14.1. The lowest BCUT2D eigenvalue weighted by Crippen LogP contribution is -2.35. The summed E-state index contributed by atoms with van der Waals surface area (Å²) >= 11 is 0. The van der Waals surface area contributed by atoms with E-state index >= 15 is 0 Å². The van der Waals surface area contributed by atoms with Gasteiger partial charge in [0.1, 0.15) is 0 Å². The molecular weight excluding hydrogens is 240 g/mol. The number of unbranched alkanes of at least 4 members (excludes halogenated alkanes) is 1. The monoisotopic (exact) mass is 272 g/mol. The van der Waals surface area contributed by atoms with Crippen molar-refractivity contribution in [2.24, 2.45) is 11.8 Å². The van der Waals surface area contributed by atoms with Gasteiger partial charge in [-0.1, -0.05) is 26.7 Å². The molecule has 0 aliphatic rings. The number of nitrogens with one attached hydrogen (secondary N) is 2. The quantitative estimate of drug-likeness (QED) is 0.509. The lowest BCUT2D eigenvalue weighted by molar-refractivity contribution is -0.125. The van der Waals surface area contributed by atoms with Crippen LogP contribution in [0, 0.1) is 11.8 Å². The number of aliphatic hydroxyl groups is 1. The molecule has 0 fully saturated rings. The molecule has 0 aliphatic heterocycles. The molecule has 1 amide bonds. The Bertz CT molecular complexity index is 222. The number of carbonyl (C=O) groups excluding carboxylic acids is 1. The summed E-state index contributed by atoms with van der Waals surface area (Å²) in [5.41, 5.74) is 0. The summed E-state index contributed by atoms with van der Waals surface area (Å²) in [7, 11) is 1.91. The lowest BCUT2D eigenvalue weighted by Gasteiger charge is -2.19. The summed E-state index contributed by atoms with van der Waals surface area (Å²) in [4.78, 5) is 12.1. The summed E-state index contributed by atoms with van der Waals surface area (Å²) in [5, 5.41) is 15.2. The molecule has 0 aliphatic carbocycles. The number of rotatable bonds is 12. The number of amides is 1. The summed E-state index contributed by atoms with van der Waals surface area (Å²) < 4.78 is 0. The van der Waals surface area contributed by atoms with Crippen molar-refractivity contribution in [3.05, 3.63) is 0 Å². The summed E-state index contributed by atoms with van der Waals surface area (Å²) in [6.45, 7) is 6.01. The smallest absolute Gasteiger partial charge is 0.223 e. The second-order valence-electron chi connectivity index (χ2n) is 5.26. The fraction of sp³-hybridized carbons (Fsp3) is 0.933. The number of carbonyl (C=O) groups is 1. The van der Waals surface area contributed by atoms with Crippen LogP contribution in [0.25, 0.3) is 0 Å².